The minimum absolute atomic E-state index is 0.0439. The fraction of sp³-hybridized carbons (Fsp3) is 0.364. The van der Waals surface area contributed by atoms with Crippen LogP contribution in [-0.2, 0) is 7.05 Å². The van der Waals surface area contributed by atoms with E-state index >= 15 is 0 Å². The van der Waals surface area contributed by atoms with Crippen molar-refractivity contribution in [3.05, 3.63) is 41.7 Å². The number of aromatic nitrogens is 4. The molecule has 2 aromatic rings. The van der Waals surface area contributed by atoms with E-state index in [4.69, 9.17) is 0 Å². The standard InChI is InChI=1S/C11H15N5/c1-8-9(6-15-16(8)3)11(12-2)10-7-13-4-5-14-10/h4-7,11-12H,1-3H3. The van der Waals surface area contributed by atoms with Crippen LogP contribution in [-0.4, -0.2) is 26.8 Å². The molecule has 0 aromatic carbocycles. The van der Waals surface area contributed by atoms with Gasteiger partial charge in [0.05, 0.1) is 24.1 Å². The zero-order valence-corrected chi connectivity index (χ0v) is 9.68. The molecule has 0 bridgehead atoms. The number of hydrogen-bond acceptors (Lipinski definition) is 4. The van der Waals surface area contributed by atoms with Crippen LogP contribution in [0.2, 0.25) is 0 Å². The number of hydrogen-bond donors (Lipinski definition) is 1. The second-order valence-corrected chi connectivity index (χ2v) is 3.66. The van der Waals surface area contributed by atoms with Crippen molar-refractivity contribution in [3.63, 3.8) is 0 Å². The predicted molar refractivity (Wildman–Crippen MR) is 60.9 cm³/mol. The normalized spacial score (nSPS) is 12.7. The third-order valence-electron chi connectivity index (χ3n) is 2.75. The summed E-state index contributed by atoms with van der Waals surface area (Å²) >= 11 is 0. The fourth-order valence-electron chi connectivity index (χ4n) is 1.72. The maximum atomic E-state index is 4.31. The van der Waals surface area contributed by atoms with E-state index in [0.717, 1.165) is 17.0 Å². The van der Waals surface area contributed by atoms with Crippen LogP contribution in [0.15, 0.2) is 24.8 Å². The summed E-state index contributed by atoms with van der Waals surface area (Å²) in [5.74, 6) is 0. The lowest BCUT2D eigenvalue weighted by molar-refractivity contribution is 0.657. The number of nitrogens with zero attached hydrogens (tertiary/aromatic N) is 4. The van der Waals surface area contributed by atoms with E-state index in [1.165, 1.54) is 0 Å². The maximum absolute atomic E-state index is 4.31. The van der Waals surface area contributed by atoms with Gasteiger partial charge in [0.15, 0.2) is 0 Å². The van der Waals surface area contributed by atoms with E-state index in [-0.39, 0.29) is 6.04 Å². The highest BCUT2D eigenvalue weighted by Gasteiger charge is 2.17. The van der Waals surface area contributed by atoms with Crippen LogP contribution in [0.1, 0.15) is 23.0 Å². The molecule has 2 heterocycles. The molecule has 0 fully saturated rings. The monoisotopic (exact) mass is 217 g/mol. The van der Waals surface area contributed by atoms with Crippen molar-refractivity contribution in [1.29, 1.82) is 0 Å². The summed E-state index contributed by atoms with van der Waals surface area (Å²) in [5.41, 5.74) is 3.16. The van der Waals surface area contributed by atoms with E-state index < -0.39 is 0 Å². The Kier molecular flexibility index (Phi) is 2.96. The summed E-state index contributed by atoms with van der Waals surface area (Å²) in [7, 11) is 3.84. The minimum atomic E-state index is 0.0439. The lowest BCUT2D eigenvalue weighted by atomic mass is 10.1. The smallest absolute Gasteiger partial charge is 0.0802 e. The van der Waals surface area contributed by atoms with E-state index in [1.807, 2.05) is 31.9 Å². The Morgan fingerprint density at radius 2 is 2.12 bits per heavy atom. The van der Waals surface area contributed by atoms with Gasteiger partial charge in [-0.25, -0.2) is 0 Å². The predicted octanol–water partition coefficient (Wildman–Crippen LogP) is 0.827. The van der Waals surface area contributed by atoms with Crippen molar-refractivity contribution in [2.24, 2.45) is 7.05 Å². The van der Waals surface area contributed by atoms with Gasteiger partial charge in [0, 0.05) is 30.7 Å². The second-order valence-electron chi connectivity index (χ2n) is 3.66. The molecule has 0 saturated carbocycles. The fourth-order valence-corrected chi connectivity index (χ4v) is 1.72. The molecule has 2 aromatic heterocycles. The summed E-state index contributed by atoms with van der Waals surface area (Å²) in [6.07, 6.45) is 7.01. The molecule has 5 nitrogen and oxygen atoms in total. The zero-order chi connectivity index (χ0) is 11.5. The molecule has 1 atom stereocenters. The second kappa shape index (κ2) is 4.40. The van der Waals surface area contributed by atoms with Crippen molar-refractivity contribution in [2.45, 2.75) is 13.0 Å². The number of rotatable bonds is 3. The van der Waals surface area contributed by atoms with Crippen molar-refractivity contribution in [1.82, 2.24) is 25.1 Å². The first-order chi connectivity index (χ1) is 7.74. The van der Waals surface area contributed by atoms with E-state index in [9.17, 15) is 0 Å². The first kappa shape index (κ1) is 10.8. The lowest BCUT2D eigenvalue weighted by Gasteiger charge is -2.14. The van der Waals surface area contributed by atoms with Crippen LogP contribution < -0.4 is 5.32 Å². The van der Waals surface area contributed by atoms with Crippen molar-refractivity contribution in [2.75, 3.05) is 7.05 Å². The highest BCUT2D eigenvalue weighted by Crippen LogP contribution is 2.21. The molecule has 0 amide bonds. The average Bonchev–Trinajstić information content (AvgIpc) is 2.64. The summed E-state index contributed by atoms with van der Waals surface area (Å²) in [6.45, 7) is 2.04. The molecule has 1 unspecified atom stereocenters. The molecule has 0 radical (unpaired) electrons. The molecule has 0 aliphatic rings. The zero-order valence-electron chi connectivity index (χ0n) is 9.68. The van der Waals surface area contributed by atoms with Gasteiger partial charge in [-0.05, 0) is 14.0 Å². The largest absolute Gasteiger partial charge is 0.308 e. The van der Waals surface area contributed by atoms with Crippen LogP contribution in [0.3, 0.4) is 0 Å². The van der Waals surface area contributed by atoms with Crippen LogP contribution >= 0.6 is 0 Å². The van der Waals surface area contributed by atoms with Crippen molar-refractivity contribution >= 4 is 0 Å². The molecular weight excluding hydrogens is 202 g/mol. The highest BCUT2D eigenvalue weighted by atomic mass is 15.3. The Hall–Kier alpha value is -1.75. The van der Waals surface area contributed by atoms with Gasteiger partial charge < -0.3 is 5.32 Å². The van der Waals surface area contributed by atoms with E-state index in [0.29, 0.717) is 0 Å². The van der Waals surface area contributed by atoms with Gasteiger partial charge in [0.1, 0.15) is 0 Å². The molecule has 0 aliphatic carbocycles. The molecule has 5 heteroatoms. The van der Waals surface area contributed by atoms with E-state index in [1.54, 1.807) is 18.6 Å². The quantitative estimate of drug-likeness (QED) is 0.827. The van der Waals surface area contributed by atoms with Gasteiger partial charge in [-0.15, -0.1) is 0 Å². The average molecular weight is 217 g/mol. The van der Waals surface area contributed by atoms with Crippen molar-refractivity contribution < 1.29 is 0 Å². The summed E-state index contributed by atoms with van der Waals surface area (Å²) in [6, 6.07) is 0.0439. The van der Waals surface area contributed by atoms with Crippen LogP contribution in [0.5, 0.6) is 0 Å². The molecule has 2 rings (SSSR count). The van der Waals surface area contributed by atoms with Gasteiger partial charge in [0.2, 0.25) is 0 Å². The first-order valence-electron chi connectivity index (χ1n) is 5.15. The summed E-state index contributed by atoms with van der Waals surface area (Å²) in [5, 5.41) is 7.47. The Morgan fingerprint density at radius 3 is 2.62 bits per heavy atom. The van der Waals surface area contributed by atoms with Gasteiger partial charge in [-0.2, -0.15) is 5.10 Å². The van der Waals surface area contributed by atoms with E-state index in [2.05, 4.69) is 20.4 Å². The molecule has 0 saturated heterocycles. The topological polar surface area (TPSA) is 55.6 Å². The van der Waals surface area contributed by atoms with Gasteiger partial charge >= 0.3 is 0 Å². The molecule has 1 N–H and O–H groups in total. The number of nitrogens with one attached hydrogen (secondary N) is 1. The van der Waals surface area contributed by atoms with Gasteiger partial charge in [-0.1, -0.05) is 0 Å². The third kappa shape index (κ3) is 1.81. The molecule has 0 spiro atoms. The van der Waals surface area contributed by atoms with Crippen LogP contribution in [0.25, 0.3) is 0 Å². The first-order valence-corrected chi connectivity index (χ1v) is 5.15. The van der Waals surface area contributed by atoms with Crippen LogP contribution in [0, 0.1) is 6.92 Å². The Labute approximate surface area is 94.5 Å². The van der Waals surface area contributed by atoms with Gasteiger partial charge in [-0.3, -0.25) is 14.6 Å². The van der Waals surface area contributed by atoms with Gasteiger partial charge in [0.25, 0.3) is 0 Å². The van der Waals surface area contributed by atoms with Crippen LogP contribution in [0.4, 0.5) is 0 Å². The Morgan fingerprint density at radius 1 is 1.31 bits per heavy atom. The molecule has 0 aliphatic heterocycles. The Balaban J connectivity index is 2.41. The third-order valence-corrected chi connectivity index (χ3v) is 2.75. The molecule has 16 heavy (non-hydrogen) atoms. The molecule has 84 valence electrons. The maximum Gasteiger partial charge on any atom is 0.0802 e. The lowest BCUT2D eigenvalue weighted by Crippen LogP contribution is -2.19. The summed E-state index contributed by atoms with van der Waals surface area (Å²) < 4.78 is 1.86. The number of aryl methyl sites for hydroxylation is 1. The summed E-state index contributed by atoms with van der Waals surface area (Å²) in [4.78, 5) is 8.40. The highest BCUT2D eigenvalue weighted by molar-refractivity contribution is 5.27. The van der Waals surface area contributed by atoms with Crippen molar-refractivity contribution in [3.8, 4) is 0 Å². The molecular formula is C11H15N5. The Bertz CT molecular complexity index is 462. The SMILES string of the molecule is CNC(c1cnccn1)c1cnn(C)c1C. The minimum Gasteiger partial charge on any atom is -0.308 e.